The van der Waals surface area contributed by atoms with Gasteiger partial charge in [-0.2, -0.15) is 0 Å². The van der Waals surface area contributed by atoms with E-state index in [9.17, 15) is 9.59 Å². The molecule has 5 heteroatoms. The summed E-state index contributed by atoms with van der Waals surface area (Å²) >= 11 is 0. The average Bonchev–Trinajstić information content (AvgIpc) is 3.19. The van der Waals surface area contributed by atoms with Crippen molar-refractivity contribution in [3.05, 3.63) is 29.8 Å². The van der Waals surface area contributed by atoms with Crippen molar-refractivity contribution in [1.29, 1.82) is 0 Å². The van der Waals surface area contributed by atoms with Gasteiger partial charge in [0.1, 0.15) is 0 Å². The predicted octanol–water partition coefficient (Wildman–Crippen LogP) is 3.86. The molecule has 5 saturated carbocycles. The number of para-hydroxylation sites is 1. The van der Waals surface area contributed by atoms with E-state index in [-0.39, 0.29) is 23.4 Å². The quantitative estimate of drug-likeness (QED) is 0.685. The molecule has 5 aliphatic carbocycles. The van der Waals surface area contributed by atoms with E-state index in [1.807, 2.05) is 18.2 Å². The molecule has 6 rings (SSSR count). The minimum absolute atomic E-state index is 0.0538. The Kier molecular flexibility index (Phi) is 5.10. The summed E-state index contributed by atoms with van der Waals surface area (Å²) in [6.45, 7) is 0.324. The molecule has 0 radical (unpaired) electrons. The van der Waals surface area contributed by atoms with Gasteiger partial charge in [-0.1, -0.05) is 25.0 Å². The molecule has 5 fully saturated rings. The number of anilines is 1. The highest BCUT2D eigenvalue weighted by Gasteiger charge is 2.50. The van der Waals surface area contributed by atoms with Gasteiger partial charge in [-0.15, -0.1) is 0 Å². The van der Waals surface area contributed by atoms with E-state index < -0.39 is 0 Å². The first-order valence-electron chi connectivity index (χ1n) is 11.5. The molecule has 2 amide bonds. The van der Waals surface area contributed by atoms with E-state index in [0.717, 1.165) is 30.6 Å². The third kappa shape index (κ3) is 4.07. The van der Waals surface area contributed by atoms with Crippen molar-refractivity contribution in [3.8, 4) is 0 Å². The summed E-state index contributed by atoms with van der Waals surface area (Å²) in [6, 6.07) is 7.61. The second kappa shape index (κ2) is 7.75. The monoisotopic (exact) mass is 395 g/mol. The van der Waals surface area contributed by atoms with Crippen LogP contribution >= 0.6 is 0 Å². The van der Waals surface area contributed by atoms with Crippen LogP contribution in [-0.2, 0) is 4.79 Å². The highest BCUT2D eigenvalue weighted by molar-refractivity contribution is 6.04. The summed E-state index contributed by atoms with van der Waals surface area (Å²) in [5, 5.41) is 9.75. The van der Waals surface area contributed by atoms with Crippen molar-refractivity contribution < 1.29 is 9.59 Å². The van der Waals surface area contributed by atoms with Crippen LogP contribution in [0.4, 0.5) is 5.69 Å². The average molecular weight is 396 g/mol. The molecule has 0 aromatic heterocycles. The molecule has 1 aromatic rings. The number of carbonyl (C=O) groups is 2. The smallest absolute Gasteiger partial charge is 0.253 e. The Morgan fingerprint density at radius 3 is 2.21 bits per heavy atom. The van der Waals surface area contributed by atoms with Crippen molar-refractivity contribution in [2.45, 2.75) is 75.8 Å². The first-order chi connectivity index (χ1) is 14.1. The largest absolute Gasteiger partial charge is 0.349 e. The number of benzene rings is 1. The standard InChI is InChI=1S/C24H33N3O2/c28-22(15-25-24-12-16-9-17(13-24)11-18(10-16)14-24)27-21-8-4-3-7-20(21)23(29)26-19-5-1-2-6-19/h3-4,7-8,16-19,25H,1-2,5-6,9-15H2,(H,26,29)(H,27,28). The Labute approximate surface area is 173 Å². The van der Waals surface area contributed by atoms with E-state index >= 15 is 0 Å². The fourth-order valence-corrected chi connectivity index (χ4v) is 6.91. The van der Waals surface area contributed by atoms with Gasteiger partial charge < -0.3 is 16.0 Å². The minimum atomic E-state index is -0.0816. The molecule has 0 saturated heterocycles. The zero-order valence-corrected chi connectivity index (χ0v) is 17.2. The summed E-state index contributed by atoms with van der Waals surface area (Å²) in [6.07, 6.45) is 12.3. The van der Waals surface area contributed by atoms with Crippen LogP contribution in [0.25, 0.3) is 0 Å². The van der Waals surface area contributed by atoms with Gasteiger partial charge in [-0.05, 0) is 81.3 Å². The van der Waals surface area contributed by atoms with Crippen molar-refractivity contribution in [3.63, 3.8) is 0 Å². The Morgan fingerprint density at radius 1 is 0.931 bits per heavy atom. The van der Waals surface area contributed by atoms with Gasteiger partial charge in [-0.3, -0.25) is 9.59 Å². The van der Waals surface area contributed by atoms with Crippen molar-refractivity contribution >= 4 is 17.5 Å². The van der Waals surface area contributed by atoms with Gasteiger partial charge in [-0.25, -0.2) is 0 Å². The Balaban J connectivity index is 1.19. The van der Waals surface area contributed by atoms with E-state index in [1.165, 1.54) is 51.4 Å². The number of hydrogen-bond acceptors (Lipinski definition) is 3. The molecule has 0 aliphatic heterocycles. The fraction of sp³-hybridized carbons (Fsp3) is 0.667. The summed E-state index contributed by atoms with van der Waals surface area (Å²) in [4.78, 5) is 25.4. The third-order valence-electron chi connectivity index (χ3n) is 7.80. The number of nitrogens with one attached hydrogen (secondary N) is 3. The molecule has 0 atom stereocenters. The van der Waals surface area contributed by atoms with E-state index in [4.69, 9.17) is 0 Å². The molecule has 4 bridgehead atoms. The van der Waals surface area contributed by atoms with Crippen LogP contribution in [0.1, 0.15) is 74.6 Å². The molecule has 5 aliphatic rings. The molecular formula is C24H33N3O2. The summed E-state index contributed by atoms with van der Waals surface area (Å²) < 4.78 is 0. The molecule has 3 N–H and O–H groups in total. The third-order valence-corrected chi connectivity index (χ3v) is 7.80. The number of hydrogen-bond donors (Lipinski definition) is 3. The van der Waals surface area contributed by atoms with Crippen LogP contribution < -0.4 is 16.0 Å². The maximum Gasteiger partial charge on any atom is 0.253 e. The maximum atomic E-state index is 12.7. The van der Waals surface area contributed by atoms with Crippen LogP contribution in [0, 0.1) is 17.8 Å². The minimum Gasteiger partial charge on any atom is -0.349 e. The van der Waals surface area contributed by atoms with Crippen LogP contribution in [0.3, 0.4) is 0 Å². The SMILES string of the molecule is O=C(CNC12CC3CC(CC(C3)C1)C2)Nc1ccccc1C(=O)NC1CCCC1. The zero-order chi connectivity index (χ0) is 19.8. The number of rotatable bonds is 6. The fourth-order valence-electron chi connectivity index (χ4n) is 6.91. The van der Waals surface area contributed by atoms with Crippen LogP contribution in [-0.4, -0.2) is 29.9 Å². The second-order valence-electron chi connectivity index (χ2n) is 10.1. The number of carbonyl (C=O) groups excluding carboxylic acids is 2. The van der Waals surface area contributed by atoms with Gasteiger partial charge in [0.25, 0.3) is 5.91 Å². The van der Waals surface area contributed by atoms with E-state index in [0.29, 0.717) is 17.8 Å². The maximum absolute atomic E-state index is 12.7. The molecule has 1 aromatic carbocycles. The molecule has 0 unspecified atom stereocenters. The van der Waals surface area contributed by atoms with Gasteiger partial charge in [0.15, 0.2) is 0 Å². The van der Waals surface area contributed by atoms with Crippen molar-refractivity contribution in [2.75, 3.05) is 11.9 Å². The Hall–Kier alpha value is -1.88. The molecule has 156 valence electrons. The van der Waals surface area contributed by atoms with Crippen molar-refractivity contribution in [2.24, 2.45) is 17.8 Å². The first kappa shape index (κ1) is 19.1. The molecule has 5 nitrogen and oxygen atoms in total. The number of amides is 2. The normalized spacial score (nSPS) is 33.0. The highest BCUT2D eigenvalue weighted by Crippen LogP contribution is 2.55. The Morgan fingerprint density at radius 2 is 1.55 bits per heavy atom. The summed E-state index contributed by atoms with van der Waals surface area (Å²) in [5.74, 6) is 2.44. The topological polar surface area (TPSA) is 70.2 Å². The Bertz CT molecular complexity index is 749. The van der Waals surface area contributed by atoms with Crippen LogP contribution in [0.2, 0.25) is 0 Å². The summed E-state index contributed by atoms with van der Waals surface area (Å²) in [5.41, 5.74) is 1.34. The van der Waals surface area contributed by atoms with Crippen LogP contribution in [0.5, 0.6) is 0 Å². The summed E-state index contributed by atoms with van der Waals surface area (Å²) in [7, 11) is 0. The predicted molar refractivity (Wildman–Crippen MR) is 114 cm³/mol. The molecule has 0 spiro atoms. The molecular weight excluding hydrogens is 362 g/mol. The lowest BCUT2D eigenvalue weighted by molar-refractivity contribution is -0.116. The first-order valence-corrected chi connectivity index (χ1v) is 11.5. The van der Waals surface area contributed by atoms with Crippen LogP contribution in [0.15, 0.2) is 24.3 Å². The lowest BCUT2D eigenvalue weighted by Crippen LogP contribution is -2.59. The van der Waals surface area contributed by atoms with E-state index in [1.54, 1.807) is 6.07 Å². The highest BCUT2D eigenvalue weighted by atomic mass is 16.2. The zero-order valence-electron chi connectivity index (χ0n) is 17.2. The lowest BCUT2D eigenvalue weighted by atomic mass is 9.53. The van der Waals surface area contributed by atoms with Gasteiger partial charge in [0, 0.05) is 11.6 Å². The lowest BCUT2D eigenvalue weighted by Gasteiger charge is -2.57. The van der Waals surface area contributed by atoms with Crippen molar-refractivity contribution in [1.82, 2.24) is 10.6 Å². The molecule has 0 heterocycles. The van der Waals surface area contributed by atoms with Gasteiger partial charge >= 0.3 is 0 Å². The molecule has 29 heavy (non-hydrogen) atoms. The second-order valence-corrected chi connectivity index (χ2v) is 10.1. The van der Waals surface area contributed by atoms with E-state index in [2.05, 4.69) is 16.0 Å². The van der Waals surface area contributed by atoms with Gasteiger partial charge in [0.2, 0.25) is 5.91 Å². The van der Waals surface area contributed by atoms with Gasteiger partial charge in [0.05, 0.1) is 17.8 Å².